The van der Waals surface area contributed by atoms with Gasteiger partial charge in [-0.25, -0.2) is 0 Å². The van der Waals surface area contributed by atoms with Gasteiger partial charge in [0.2, 0.25) is 0 Å². The van der Waals surface area contributed by atoms with Crippen molar-refractivity contribution >= 4 is 0 Å². The van der Waals surface area contributed by atoms with E-state index in [-0.39, 0.29) is 0 Å². The maximum Gasteiger partial charge on any atom is 0.152 e. The number of nitrogens with zero attached hydrogens (tertiary/aromatic N) is 4. The lowest BCUT2D eigenvalue weighted by Gasteiger charge is -2.01. The molecule has 2 rings (SSSR count). The second-order valence-electron chi connectivity index (χ2n) is 3.58. The Bertz CT molecular complexity index is 428. The number of hydrogen-bond acceptors (Lipinski definition) is 3. The third kappa shape index (κ3) is 2.24. The van der Waals surface area contributed by atoms with Gasteiger partial charge in [0.15, 0.2) is 5.82 Å². The Morgan fingerprint density at radius 3 is 3.00 bits per heavy atom. The predicted octanol–water partition coefficient (Wildman–Crippen LogP) is 0.384. The summed E-state index contributed by atoms with van der Waals surface area (Å²) < 4.78 is 4.04. The highest BCUT2D eigenvalue weighted by molar-refractivity contribution is 5.10. The zero-order valence-electron chi connectivity index (χ0n) is 9.01. The molecule has 0 aliphatic rings. The van der Waals surface area contributed by atoms with Gasteiger partial charge < -0.3 is 14.5 Å². The summed E-state index contributed by atoms with van der Waals surface area (Å²) in [5, 5.41) is 11.0. The van der Waals surface area contributed by atoms with E-state index in [9.17, 15) is 0 Å². The maximum atomic E-state index is 4.04. The van der Waals surface area contributed by atoms with Crippen LogP contribution in [0.25, 0.3) is 0 Å². The molecule has 2 aromatic heterocycles. The zero-order valence-corrected chi connectivity index (χ0v) is 9.01. The molecule has 0 radical (unpaired) electrons. The van der Waals surface area contributed by atoms with Crippen molar-refractivity contribution in [1.82, 2.24) is 24.6 Å². The smallest absolute Gasteiger partial charge is 0.152 e. The Kier molecular flexibility index (Phi) is 2.82. The summed E-state index contributed by atoms with van der Waals surface area (Å²) >= 11 is 0. The van der Waals surface area contributed by atoms with E-state index in [1.165, 1.54) is 5.56 Å². The van der Waals surface area contributed by atoms with Crippen molar-refractivity contribution in [2.45, 2.75) is 13.1 Å². The maximum absolute atomic E-state index is 4.04. The molecule has 0 saturated carbocycles. The van der Waals surface area contributed by atoms with Crippen LogP contribution in [0.15, 0.2) is 24.8 Å². The minimum absolute atomic E-state index is 0.764. The van der Waals surface area contributed by atoms with Gasteiger partial charge in [-0.15, -0.1) is 10.2 Å². The van der Waals surface area contributed by atoms with Crippen LogP contribution >= 0.6 is 0 Å². The summed E-state index contributed by atoms with van der Waals surface area (Å²) in [5.41, 5.74) is 1.28. The minimum atomic E-state index is 0.764. The standard InChI is InChI=1S/C10H15N5/c1-11-5-9-3-4-15(6-9)7-10-13-12-8-14(10)2/h3-4,6,8,11H,5,7H2,1-2H3. The molecule has 15 heavy (non-hydrogen) atoms. The van der Waals surface area contributed by atoms with Crippen LogP contribution in [-0.2, 0) is 20.1 Å². The molecule has 0 unspecified atom stereocenters. The number of aromatic nitrogens is 4. The number of rotatable bonds is 4. The molecule has 0 spiro atoms. The molecule has 0 aromatic carbocycles. The van der Waals surface area contributed by atoms with E-state index >= 15 is 0 Å². The largest absolute Gasteiger partial charge is 0.346 e. The SMILES string of the molecule is CNCc1ccn(Cc2nncn2C)c1. The molecule has 0 atom stereocenters. The molecule has 0 aliphatic heterocycles. The number of hydrogen-bond donors (Lipinski definition) is 1. The molecular weight excluding hydrogens is 190 g/mol. The van der Waals surface area contributed by atoms with E-state index in [4.69, 9.17) is 0 Å². The molecule has 0 saturated heterocycles. The van der Waals surface area contributed by atoms with Crippen LogP contribution in [0.3, 0.4) is 0 Å². The Labute approximate surface area is 88.7 Å². The van der Waals surface area contributed by atoms with Crippen molar-refractivity contribution in [2.24, 2.45) is 7.05 Å². The quantitative estimate of drug-likeness (QED) is 0.785. The summed E-state index contributed by atoms with van der Waals surface area (Å²) in [4.78, 5) is 0. The first-order valence-corrected chi connectivity index (χ1v) is 4.91. The van der Waals surface area contributed by atoms with Crippen molar-refractivity contribution in [3.8, 4) is 0 Å². The van der Waals surface area contributed by atoms with Gasteiger partial charge in [0.25, 0.3) is 0 Å². The van der Waals surface area contributed by atoms with E-state index in [0.29, 0.717) is 0 Å². The Hall–Kier alpha value is -1.62. The highest BCUT2D eigenvalue weighted by Crippen LogP contribution is 2.03. The lowest BCUT2D eigenvalue weighted by atomic mass is 10.3. The monoisotopic (exact) mass is 205 g/mol. The van der Waals surface area contributed by atoms with Gasteiger partial charge in [0.05, 0.1) is 6.54 Å². The van der Waals surface area contributed by atoms with Crippen molar-refractivity contribution < 1.29 is 0 Å². The van der Waals surface area contributed by atoms with E-state index in [1.54, 1.807) is 6.33 Å². The first-order valence-electron chi connectivity index (χ1n) is 4.91. The average molecular weight is 205 g/mol. The number of aryl methyl sites for hydroxylation is 1. The number of nitrogens with one attached hydrogen (secondary N) is 1. The van der Waals surface area contributed by atoms with Gasteiger partial charge in [-0.1, -0.05) is 0 Å². The van der Waals surface area contributed by atoms with Gasteiger partial charge in [-0.05, 0) is 18.7 Å². The molecular formula is C10H15N5. The van der Waals surface area contributed by atoms with Crippen molar-refractivity contribution in [3.05, 3.63) is 36.2 Å². The van der Waals surface area contributed by atoms with Gasteiger partial charge in [-0.3, -0.25) is 0 Å². The summed E-state index contributed by atoms with van der Waals surface area (Å²) in [5.74, 6) is 0.960. The highest BCUT2D eigenvalue weighted by Gasteiger charge is 2.02. The molecule has 80 valence electrons. The van der Waals surface area contributed by atoms with Crippen LogP contribution in [0.1, 0.15) is 11.4 Å². The van der Waals surface area contributed by atoms with Gasteiger partial charge in [0, 0.05) is 26.0 Å². The normalized spacial score (nSPS) is 10.8. The molecule has 2 aromatic rings. The Morgan fingerprint density at radius 1 is 1.47 bits per heavy atom. The van der Waals surface area contributed by atoms with E-state index in [1.807, 2.05) is 18.7 Å². The van der Waals surface area contributed by atoms with Crippen LogP contribution in [0, 0.1) is 0 Å². The third-order valence-electron chi connectivity index (χ3n) is 2.32. The Balaban J connectivity index is 2.08. The summed E-state index contributed by atoms with van der Waals surface area (Å²) in [7, 11) is 3.90. The van der Waals surface area contributed by atoms with Crippen LogP contribution in [0.5, 0.6) is 0 Å². The first kappa shape index (κ1) is 9.92. The fourth-order valence-electron chi connectivity index (χ4n) is 1.51. The topological polar surface area (TPSA) is 47.7 Å². The molecule has 0 fully saturated rings. The molecule has 0 aliphatic carbocycles. The molecule has 2 heterocycles. The van der Waals surface area contributed by atoms with Crippen molar-refractivity contribution in [1.29, 1.82) is 0 Å². The van der Waals surface area contributed by atoms with E-state index < -0.39 is 0 Å². The predicted molar refractivity (Wildman–Crippen MR) is 57.3 cm³/mol. The van der Waals surface area contributed by atoms with E-state index in [2.05, 4.69) is 38.5 Å². The molecule has 0 amide bonds. The fourth-order valence-corrected chi connectivity index (χ4v) is 1.51. The molecule has 0 bridgehead atoms. The summed E-state index contributed by atoms with van der Waals surface area (Å²) in [6.07, 6.45) is 5.89. The van der Waals surface area contributed by atoms with E-state index in [0.717, 1.165) is 18.9 Å². The second kappa shape index (κ2) is 4.27. The van der Waals surface area contributed by atoms with Crippen LogP contribution in [-0.4, -0.2) is 26.4 Å². The second-order valence-corrected chi connectivity index (χ2v) is 3.58. The molecule has 5 nitrogen and oxygen atoms in total. The lowest BCUT2D eigenvalue weighted by molar-refractivity contribution is 0.697. The molecule has 5 heteroatoms. The highest BCUT2D eigenvalue weighted by atomic mass is 15.3. The third-order valence-corrected chi connectivity index (χ3v) is 2.32. The van der Waals surface area contributed by atoms with Gasteiger partial charge >= 0.3 is 0 Å². The average Bonchev–Trinajstić information content (AvgIpc) is 2.79. The lowest BCUT2D eigenvalue weighted by Crippen LogP contribution is -2.05. The van der Waals surface area contributed by atoms with Gasteiger partial charge in [0.1, 0.15) is 6.33 Å². The Morgan fingerprint density at radius 2 is 2.33 bits per heavy atom. The zero-order chi connectivity index (χ0) is 10.7. The minimum Gasteiger partial charge on any atom is -0.346 e. The van der Waals surface area contributed by atoms with Gasteiger partial charge in [-0.2, -0.15) is 0 Å². The van der Waals surface area contributed by atoms with Crippen molar-refractivity contribution in [3.63, 3.8) is 0 Å². The van der Waals surface area contributed by atoms with Crippen molar-refractivity contribution in [2.75, 3.05) is 7.05 Å². The summed E-state index contributed by atoms with van der Waals surface area (Å²) in [6, 6.07) is 2.10. The van der Waals surface area contributed by atoms with Crippen LogP contribution in [0.2, 0.25) is 0 Å². The first-order chi connectivity index (χ1) is 7.29. The fraction of sp³-hybridized carbons (Fsp3) is 0.400. The summed E-state index contributed by atoms with van der Waals surface area (Å²) in [6.45, 7) is 1.66. The van der Waals surface area contributed by atoms with Crippen LogP contribution < -0.4 is 5.32 Å². The van der Waals surface area contributed by atoms with Crippen LogP contribution in [0.4, 0.5) is 0 Å². The molecule has 1 N–H and O–H groups in total.